The van der Waals surface area contributed by atoms with E-state index in [1.165, 1.54) is 18.7 Å². The quantitative estimate of drug-likeness (QED) is 0.325. The molecule has 7 heteroatoms. The van der Waals surface area contributed by atoms with Crippen LogP contribution in [0.5, 0.6) is 5.75 Å². The van der Waals surface area contributed by atoms with Crippen LogP contribution in [0.4, 0.5) is 4.39 Å². The highest BCUT2D eigenvalue weighted by Crippen LogP contribution is 2.19. The van der Waals surface area contributed by atoms with Gasteiger partial charge in [0.25, 0.3) is 0 Å². The van der Waals surface area contributed by atoms with Gasteiger partial charge in [-0.15, -0.1) is 0 Å². The molecule has 0 spiro atoms. The molecule has 2 aromatic rings. The summed E-state index contributed by atoms with van der Waals surface area (Å²) in [6.45, 7) is 6.17. The third kappa shape index (κ3) is 3.91. The zero-order chi connectivity index (χ0) is 15.8. The molecule has 0 saturated carbocycles. The predicted octanol–water partition coefficient (Wildman–Crippen LogP) is 2.75. The summed E-state index contributed by atoms with van der Waals surface area (Å²) in [5.74, 6) is 0.703. The molecule has 1 aromatic heterocycles. The summed E-state index contributed by atoms with van der Waals surface area (Å²) < 4.78 is 21.0. The van der Waals surface area contributed by atoms with Gasteiger partial charge >= 0.3 is 0 Å². The molecule has 2 rings (SSSR count). The highest BCUT2D eigenvalue weighted by atomic mass is 19.1. The lowest BCUT2D eigenvalue weighted by Crippen LogP contribution is -2.17. The highest BCUT2D eigenvalue weighted by molar-refractivity contribution is 6.02. The molecule has 0 fully saturated rings. The summed E-state index contributed by atoms with van der Waals surface area (Å²) in [6.07, 6.45) is 2.46. The lowest BCUT2D eigenvalue weighted by Gasteiger charge is -2.12. The minimum absolute atomic E-state index is 0.0930. The van der Waals surface area contributed by atoms with E-state index in [0.29, 0.717) is 17.9 Å². The molecule has 6 nitrogen and oxygen atoms in total. The van der Waals surface area contributed by atoms with Crippen molar-refractivity contribution in [3.8, 4) is 5.75 Å². The standard InChI is InChI=1S/C15H17FN4O2/c1-3-9-22-19-14(15(16)20-11-17-10-18-20)12-5-7-13(8-6-12)21-4-2/h3,5-8,10-11,15H,1,4,9H2,2H3. The summed E-state index contributed by atoms with van der Waals surface area (Å²) in [5, 5.41) is 7.64. The first-order chi connectivity index (χ1) is 10.8. The number of hydrogen-bond acceptors (Lipinski definition) is 5. The Balaban J connectivity index is 2.27. The lowest BCUT2D eigenvalue weighted by atomic mass is 10.1. The normalized spacial score (nSPS) is 12.7. The van der Waals surface area contributed by atoms with Gasteiger partial charge in [0.1, 0.15) is 30.7 Å². The fraction of sp³-hybridized carbons (Fsp3) is 0.267. The van der Waals surface area contributed by atoms with Crippen LogP contribution in [0.15, 0.2) is 54.7 Å². The molecule has 0 aliphatic heterocycles. The molecule has 0 aliphatic rings. The second-order valence-electron chi connectivity index (χ2n) is 4.23. The molecule has 0 saturated heterocycles. The number of alkyl halides is 1. The number of hydrogen-bond donors (Lipinski definition) is 0. The molecular weight excluding hydrogens is 287 g/mol. The maximum Gasteiger partial charge on any atom is 0.239 e. The molecule has 0 N–H and O–H groups in total. The number of ether oxygens (including phenoxy) is 1. The van der Waals surface area contributed by atoms with Gasteiger partial charge in [-0.3, -0.25) is 0 Å². The Kier molecular flexibility index (Phi) is 5.65. The zero-order valence-electron chi connectivity index (χ0n) is 12.2. The monoisotopic (exact) mass is 304 g/mol. The zero-order valence-corrected chi connectivity index (χ0v) is 12.2. The molecule has 116 valence electrons. The van der Waals surface area contributed by atoms with E-state index in [0.717, 1.165) is 4.68 Å². The third-order valence-electron chi connectivity index (χ3n) is 2.71. The topological polar surface area (TPSA) is 61.5 Å². The number of halogens is 1. The van der Waals surface area contributed by atoms with Crippen LogP contribution in [-0.2, 0) is 4.84 Å². The Bertz CT molecular complexity index is 611. The Labute approximate surface area is 127 Å². The minimum Gasteiger partial charge on any atom is -0.494 e. The largest absolute Gasteiger partial charge is 0.494 e. The number of nitrogens with zero attached hydrogens (tertiary/aromatic N) is 4. The van der Waals surface area contributed by atoms with Crippen molar-refractivity contribution in [3.63, 3.8) is 0 Å². The minimum atomic E-state index is -1.61. The summed E-state index contributed by atoms with van der Waals surface area (Å²) in [5.41, 5.74) is 0.658. The first-order valence-electron chi connectivity index (χ1n) is 6.78. The van der Waals surface area contributed by atoms with Gasteiger partial charge in [-0.05, 0) is 31.2 Å². The van der Waals surface area contributed by atoms with E-state index in [1.54, 1.807) is 24.3 Å². The molecule has 0 bridgehead atoms. The molecule has 0 amide bonds. The van der Waals surface area contributed by atoms with Crippen molar-refractivity contribution in [2.45, 2.75) is 13.2 Å². The van der Waals surface area contributed by atoms with Crippen molar-refractivity contribution < 1.29 is 14.0 Å². The summed E-state index contributed by atoms with van der Waals surface area (Å²) in [6, 6.07) is 6.92. The Morgan fingerprint density at radius 2 is 2.23 bits per heavy atom. The maximum absolute atomic E-state index is 14.6. The van der Waals surface area contributed by atoms with Crippen LogP contribution < -0.4 is 4.74 Å². The van der Waals surface area contributed by atoms with E-state index in [1.807, 2.05) is 6.92 Å². The molecule has 22 heavy (non-hydrogen) atoms. The van der Waals surface area contributed by atoms with E-state index in [4.69, 9.17) is 9.57 Å². The fourth-order valence-electron chi connectivity index (χ4n) is 1.74. The molecule has 0 aliphatic carbocycles. The number of oxime groups is 1. The van der Waals surface area contributed by atoms with Crippen molar-refractivity contribution in [1.82, 2.24) is 14.8 Å². The van der Waals surface area contributed by atoms with Crippen LogP contribution >= 0.6 is 0 Å². The second-order valence-corrected chi connectivity index (χ2v) is 4.23. The van der Waals surface area contributed by atoms with E-state index >= 15 is 0 Å². The average molecular weight is 304 g/mol. The van der Waals surface area contributed by atoms with Crippen molar-refractivity contribution in [2.75, 3.05) is 13.2 Å². The van der Waals surface area contributed by atoms with Gasteiger partial charge in [-0.25, -0.2) is 14.1 Å². The van der Waals surface area contributed by atoms with E-state index in [-0.39, 0.29) is 12.3 Å². The van der Waals surface area contributed by atoms with Crippen LogP contribution in [0.25, 0.3) is 0 Å². The van der Waals surface area contributed by atoms with Crippen molar-refractivity contribution >= 4 is 5.71 Å². The lowest BCUT2D eigenvalue weighted by molar-refractivity contribution is 0.168. The SMILES string of the molecule is C=CCON=C(c1ccc(OCC)cc1)C(F)n1cncn1. The van der Waals surface area contributed by atoms with Gasteiger partial charge in [0.2, 0.25) is 6.30 Å². The second kappa shape index (κ2) is 7.92. The highest BCUT2D eigenvalue weighted by Gasteiger charge is 2.20. The Morgan fingerprint density at radius 3 is 2.82 bits per heavy atom. The molecule has 1 atom stereocenters. The Hall–Kier alpha value is -2.70. The smallest absolute Gasteiger partial charge is 0.239 e. The third-order valence-corrected chi connectivity index (χ3v) is 2.71. The van der Waals surface area contributed by atoms with Crippen LogP contribution in [0.2, 0.25) is 0 Å². The summed E-state index contributed by atoms with van der Waals surface area (Å²) >= 11 is 0. The van der Waals surface area contributed by atoms with Crippen LogP contribution in [0.1, 0.15) is 18.8 Å². The number of aromatic nitrogens is 3. The van der Waals surface area contributed by atoms with Gasteiger partial charge in [-0.1, -0.05) is 17.8 Å². The molecule has 1 aromatic carbocycles. The number of rotatable bonds is 8. The molecule has 1 heterocycles. The van der Waals surface area contributed by atoms with Gasteiger partial charge in [0.05, 0.1) is 6.61 Å². The van der Waals surface area contributed by atoms with Gasteiger partial charge in [0.15, 0.2) is 0 Å². The first kappa shape index (κ1) is 15.7. The summed E-state index contributed by atoms with van der Waals surface area (Å²) in [7, 11) is 0. The van der Waals surface area contributed by atoms with Crippen molar-refractivity contribution in [2.24, 2.45) is 5.16 Å². The van der Waals surface area contributed by atoms with E-state index in [2.05, 4.69) is 21.8 Å². The van der Waals surface area contributed by atoms with E-state index < -0.39 is 6.30 Å². The van der Waals surface area contributed by atoms with Crippen molar-refractivity contribution in [1.29, 1.82) is 0 Å². The van der Waals surface area contributed by atoms with Crippen molar-refractivity contribution in [3.05, 3.63) is 55.1 Å². The molecule has 1 unspecified atom stereocenters. The van der Waals surface area contributed by atoms with Gasteiger partial charge in [0, 0.05) is 5.56 Å². The number of benzene rings is 1. The van der Waals surface area contributed by atoms with Crippen LogP contribution in [0, 0.1) is 0 Å². The van der Waals surface area contributed by atoms with Gasteiger partial charge in [-0.2, -0.15) is 5.10 Å². The Morgan fingerprint density at radius 1 is 1.45 bits per heavy atom. The van der Waals surface area contributed by atoms with Crippen LogP contribution in [-0.4, -0.2) is 33.7 Å². The molecule has 0 radical (unpaired) electrons. The molecular formula is C15H17FN4O2. The average Bonchev–Trinajstić information content (AvgIpc) is 3.07. The maximum atomic E-state index is 14.6. The first-order valence-corrected chi connectivity index (χ1v) is 6.78. The predicted molar refractivity (Wildman–Crippen MR) is 80.5 cm³/mol. The summed E-state index contributed by atoms with van der Waals surface area (Å²) in [4.78, 5) is 8.77. The van der Waals surface area contributed by atoms with Crippen LogP contribution in [0.3, 0.4) is 0 Å². The van der Waals surface area contributed by atoms with Gasteiger partial charge < -0.3 is 9.57 Å². The fourth-order valence-corrected chi connectivity index (χ4v) is 1.74. The van der Waals surface area contributed by atoms with E-state index in [9.17, 15) is 4.39 Å².